The Labute approximate surface area is 127 Å². The normalized spacial score (nSPS) is 11.4. The van der Waals surface area contributed by atoms with Crippen LogP contribution in [0.5, 0.6) is 5.75 Å². The Kier molecular flexibility index (Phi) is 5.15. The number of hydrogen-bond donors (Lipinski definition) is 1. The van der Waals surface area contributed by atoms with E-state index >= 15 is 0 Å². The molecular weight excluding hydrogens is 258 g/mol. The molecule has 0 saturated heterocycles. The van der Waals surface area contributed by atoms with Crippen molar-refractivity contribution in [2.75, 3.05) is 0 Å². The molecule has 21 heavy (non-hydrogen) atoms. The van der Waals surface area contributed by atoms with Gasteiger partial charge in [0.25, 0.3) is 0 Å². The summed E-state index contributed by atoms with van der Waals surface area (Å²) in [4.78, 5) is 4.56. The minimum absolute atomic E-state index is 0.302. The van der Waals surface area contributed by atoms with Gasteiger partial charge in [-0.15, -0.1) is 0 Å². The molecule has 110 valence electrons. The molecule has 0 amide bonds. The van der Waals surface area contributed by atoms with Crippen LogP contribution in [0.2, 0.25) is 0 Å². The van der Waals surface area contributed by atoms with E-state index in [0.29, 0.717) is 11.8 Å². The van der Waals surface area contributed by atoms with Crippen molar-refractivity contribution in [1.29, 1.82) is 0 Å². The molecule has 2 heteroatoms. The van der Waals surface area contributed by atoms with Crippen LogP contribution in [0.25, 0.3) is 11.1 Å². The van der Waals surface area contributed by atoms with Crippen molar-refractivity contribution in [2.45, 2.75) is 39.7 Å². The first-order valence-electron chi connectivity index (χ1n) is 7.57. The molecule has 0 atom stereocenters. The Morgan fingerprint density at radius 2 is 1.71 bits per heavy atom. The van der Waals surface area contributed by atoms with Crippen LogP contribution in [0.4, 0.5) is 0 Å². The lowest BCUT2D eigenvalue weighted by Crippen LogP contribution is -2.00. The molecule has 0 bridgehead atoms. The van der Waals surface area contributed by atoms with Crippen LogP contribution in [0.3, 0.4) is 0 Å². The first-order chi connectivity index (χ1) is 10.2. The molecule has 0 fully saturated rings. The van der Waals surface area contributed by atoms with E-state index in [-0.39, 0.29) is 0 Å². The van der Waals surface area contributed by atoms with Crippen molar-refractivity contribution >= 4 is 6.21 Å². The number of hydrogen-bond acceptors (Lipinski definition) is 2. The van der Waals surface area contributed by atoms with Crippen LogP contribution in [-0.2, 0) is 0 Å². The lowest BCUT2D eigenvalue weighted by molar-refractivity contribution is 0.476. The maximum atomic E-state index is 10.5. The number of benzene rings is 2. The molecule has 1 N–H and O–H groups in total. The van der Waals surface area contributed by atoms with Crippen molar-refractivity contribution in [3.05, 3.63) is 53.6 Å². The Balaban J connectivity index is 2.34. The minimum atomic E-state index is 0.302. The van der Waals surface area contributed by atoms with Crippen molar-refractivity contribution in [3.63, 3.8) is 0 Å². The van der Waals surface area contributed by atoms with Crippen molar-refractivity contribution < 1.29 is 5.11 Å². The second-order valence-corrected chi connectivity index (χ2v) is 5.36. The average molecular weight is 281 g/mol. The SMILES string of the molecule is CCC(CC)N=Cc1cccc(-c2ccc(C)cc2)c1O. The summed E-state index contributed by atoms with van der Waals surface area (Å²) in [5.74, 6) is 0.302. The minimum Gasteiger partial charge on any atom is -0.507 e. The molecule has 2 aromatic rings. The van der Waals surface area contributed by atoms with Gasteiger partial charge in [0.15, 0.2) is 0 Å². The third kappa shape index (κ3) is 3.72. The maximum Gasteiger partial charge on any atom is 0.132 e. The number of phenols is 1. The van der Waals surface area contributed by atoms with Crippen molar-refractivity contribution in [2.24, 2.45) is 4.99 Å². The number of aliphatic imine (C=N–C) groups is 1. The molecule has 0 unspecified atom stereocenters. The lowest BCUT2D eigenvalue weighted by atomic mass is 10.0. The van der Waals surface area contributed by atoms with Crippen molar-refractivity contribution in [1.82, 2.24) is 0 Å². The summed E-state index contributed by atoms with van der Waals surface area (Å²) in [5.41, 5.74) is 3.86. The van der Waals surface area contributed by atoms with Crippen LogP contribution in [0.1, 0.15) is 37.8 Å². The van der Waals surface area contributed by atoms with Crippen LogP contribution in [-0.4, -0.2) is 17.4 Å². The number of phenolic OH excluding ortho intramolecular Hbond substituents is 1. The van der Waals surface area contributed by atoms with Gasteiger partial charge >= 0.3 is 0 Å². The highest BCUT2D eigenvalue weighted by atomic mass is 16.3. The summed E-state index contributed by atoms with van der Waals surface area (Å²) >= 11 is 0. The highest BCUT2D eigenvalue weighted by molar-refractivity contribution is 5.88. The van der Waals surface area contributed by atoms with Gasteiger partial charge < -0.3 is 5.11 Å². The molecular formula is C19H23NO. The van der Waals surface area contributed by atoms with Gasteiger partial charge in [-0.2, -0.15) is 0 Å². The van der Waals surface area contributed by atoms with Crippen LogP contribution in [0.15, 0.2) is 47.5 Å². The smallest absolute Gasteiger partial charge is 0.132 e. The standard InChI is InChI=1S/C19H23NO/c1-4-17(5-2)20-13-16-7-6-8-18(19(16)21)15-11-9-14(3)10-12-15/h6-13,17,21H,4-5H2,1-3H3. The highest BCUT2D eigenvalue weighted by Gasteiger charge is 2.08. The second kappa shape index (κ2) is 7.07. The second-order valence-electron chi connectivity index (χ2n) is 5.36. The highest BCUT2D eigenvalue weighted by Crippen LogP contribution is 2.31. The predicted octanol–water partition coefficient (Wildman–Crippen LogP) is 4.98. The fraction of sp³-hybridized carbons (Fsp3) is 0.316. The van der Waals surface area contributed by atoms with Gasteiger partial charge in [-0.05, 0) is 31.4 Å². The summed E-state index contributed by atoms with van der Waals surface area (Å²) in [5, 5.41) is 10.5. The predicted molar refractivity (Wildman–Crippen MR) is 90.2 cm³/mol. The Hall–Kier alpha value is -2.09. The van der Waals surface area contributed by atoms with E-state index in [1.165, 1.54) is 5.56 Å². The Morgan fingerprint density at radius 3 is 2.33 bits per heavy atom. The quantitative estimate of drug-likeness (QED) is 0.771. The van der Waals surface area contributed by atoms with Crippen LogP contribution >= 0.6 is 0 Å². The number of para-hydroxylation sites is 1. The average Bonchev–Trinajstić information content (AvgIpc) is 2.51. The van der Waals surface area contributed by atoms with E-state index in [1.54, 1.807) is 6.21 Å². The summed E-state index contributed by atoms with van der Waals surface area (Å²) in [7, 11) is 0. The zero-order chi connectivity index (χ0) is 15.2. The maximum absolute atomic E-state index is 10.5. The van der Waals surface area contributed by atoms with E-state index in [2.05, 4.69) is 37.9 Å². The van der Waals surface area contributed by atoms with Gasteiger partial charge in [0, 0.05) is 23.4 Å². The molecule has 0 aromatic heterocycles. The zero-order valence-corrected chi connectivity index (χ0v) is 13.0. The number of rotatable bonds is 5. The van der Waals surface area contributed by atoms with Gasteiger partial charge in [0.1, 0.15) is 5.75 Å². The largest absolute Gasteiger partial charge is 0.507 e. The summed E-state index contributed by atoms with van der Waals surface area (Å²) in [6, 6.07) is 14.3. The van der Waals surface area contributed by atoms with Gasteiger partial charge in [-0.3, -0.25) is 4.99 Å². The molecule has 2 rings (SSSR count). The molecule has 0 saturated carbocycles. The Bertz CT molecular complexity index is 610. The number of aromatic hydroxyl groups is 1. The van der Waals surface area contributed by atoms with Gasteiger partial charge in [-0.25, -0.2) is 0 Å². The molecule has 0 aliphatic carbocycles. The monoisotopic (exact) mass is 281 g/mol. The topological polar surface area (TPSA) is 32.6 Å². The molecule has 2 aromatic carbocycles. The van der Waals surface area contributed by atoms with Gasteiger partial charge in [0.2, 0.25) is 0 Å². The molecule has 0 spiro atoms. The Morgan fingerprint density at radius 1 is 1.05 bits per heavy atom. The fourth-order valence-electron chi connectivity index (χ4n) is 2.32. The summed E-state index contributed by atoms with van der Waals surface area (Å²) < 4.78 is 0. The van der Waals surface area contributed by atoms with Gasteiger partial charge in [0.05, 0.1) is 0 Å². The van der Waals surface area contributed by atoms with Gasteiger partial charge in [-0.1, -0.05) is 55.8 Å². The van der Waals surface area contributed by atoms with Crippen molar-refractivity contribution in [3.8, 4) is 16.9 Å². The van der Waals surface area contributed by atoms with E-state index < -0.39 is 0 Å². The molecule has 0 aliphatic rings. The fourth-order valence-corrected chi connectivity index (χ4v) is 2.32. The number of aryl methyl sites for hydroxylation is 1. The number of nitrogens with zero attached hydrogens (tertiary/aromatic N) is 1. The molecule has 0 radical (unpaired) electrons. The molecule has 2 nitrogen and oxygen atoms in total. The third-order valence-corrected chi connectivity index (χ3v) is 3.80. The summed E-state index contributed by atoms with van der Waals surface area (Å²) in [6.45, 7) is 6.32. The third-order valence-electron chi connectivity index (χ3n) is 3.80. The first-order valence-corrected chi connectivity index (χ1v) is 7.57. The van der Waals surface area contributed by atoms with E-state index in [0.717, 1.165) is 29.5 Å². The summed E-state index contributed by atoms with van der Waals surface area (Å²) in [6.07, 6.45) is 3.83. The molecule has 0 aliphatic heterocycles. The van der Waals surface area contributed by atoms with Crippen LogP contribution < -0.4 is 0 Å². The first kappa shape index (κ1) is 15.3. The van der Waals surface area contributed by atoms with E-state index in [4.69, 9.17) is 0 Å². The van der Waals surface area contributed by atoms with E-state index in [1.807, 2.05) is 30.3 Å². The lowest BCUT2D eigenvalue weighted by Gasteiger charge is -2.09. The van der Waals surface area contributed by atoms with E-state index in [9.17, 15) is 5.11 Å². The van der Waals surface area contributed by atoms with Crippen LogP contribution in [0, 0.1) is 6.92 Å². The molecule has 0 heterocycles. The zero-order valence-electron chi connectivity index (χ0n) is 13.0.